The van der Waals surface area contributed by atoms with Gasteiger partial charge in [0.25, 0.3) is 0 Å². The zero-order chi connectivity index (χ0) is 22.0. The number of hydrogen-bond donors (Lipinski definition) is 1. The summed E-state index contributed by atoms with van der Waals surface area (Å²) in [6, 6.07) is 4.39. The highest BCUT2D eigenvalue weighted by molar-refractivity contribution is 7.91. The summed E-state index contributed by atoms with van der Waals surface area (Å²) >= 11 is 0. The Hall–Kier alpha value is -3.15. The average Bonchev–Trinajstić information content (AvgIpc) is 3.14. The molecule has 1 N–H and O–H groups in total. The van der Waals surface area contributed by atoms with Crippen LogP contribution in [-0.2, 0) is 16.9 Å². The van der Waals surface area contributed by atoms with Crippen molar-refractivity contribution in [3.05, 3.63) is 42.5 Å². The van der Waals surface area contributed by atoms with Crippen LogP contribution in [0.5, 0.6) is 5.75 Å². The smallest absolute Gasteiger partial charge is 0.387 e. The molecule has 0 saturated carbocycles. The number of aromatic nitrogens is 5. The Labute approximate surface area is 177 Å². The minimum Gasteiger partial charge on any atom is -0.435 e. The number of alkyl halides is 2. The van der Waals surface area contributed by atoms with Gasteiger partial charge in [-0.25, -0.2) is 23.4 Å². The van der Waals surface area contributed by atoms with E-state index >= 15 is 0 Å². The first-order valence-electron chi connectivity index (χ1n) is 9.54. The predicted molar refractivity (Wildman–Crippen MR) is 109 cm³/mol. The topological polar surface area (TPSA) is 112 Å². The molecule has 164 valence electrons. The summed E-state index contributed by atoms with van der Waals surface area (Å²) in [5.74, 6) is 1.24. The van der Waals surface area contributed by atoms with Crippen molar-refractivity contribution >= 4 is 21.5 Å². The van der Waals surface area contributed by atoms with Gasteiger partial charge in [0.2, 0.25) is 0 Å². The van der Waals surface area contributed by atoms with Crippen LogP contribution in [-0.4, -0.2) is 51.3 Å². The molecular formula is C19H20F2N6O3S. The van der Waals surface area contributed by atoms with E-state index < -0.39 is 16.4 Å². The third-order valence-corrected chi connectivity index (χ3v) is 6.61. The van der Waals surface area contributed by atoms with E-state index in [4.69, 9.17) is 0 Å². The first-order valence-corrected chi connectivity index (χ1v) is 11.4. The standard InChI is InChI=1S/C19H20F2N6O3S/c1-27-11-13(10-23-27)18-24-15(12-3-6-31(28,29)7-4-12)9-17(26-18)25-16-8-14(2-5-22-16)30-19(20)21/h2,5,8-12,19H,3-4,6-7H2,1H3,(H,22,24,25,26). The van der Waals surface area contributed by atoms with Crippen LogP contribution >= 0.6 is 0 Å². The van der Waals surface area contributed by atoms with Gasteiger partial charge < -0.3 is 10.1 Å². The molecule has 3 aromatic heterocycles. The second-order valence-electron chi connectivity index (χ2n) is 7.21. The number of hydrogen-bond acceptors (Lipinski definition) is 8. The van der Waals surface area contributed by atoms with Gasteiger partial charge in [-0.05, 0) is 18.9 Å². The molecule has 9 nitrogen and oxygen atoms in total. The van der Waals surface area contributed by atoms with Gasteiger partial charge in [-0.3, -0.25) is 4.68 Å². The van der Waals surface area contributed by atoms with Crippen molar-refractivity contribution in [3.8, 4) is 17.1 Å². The minimum atomic E-state index is -3.01. The van der Waals surface area contributed by atoms with E-state index in [0.717, 1.165) is 0 Å². The summed E-state index contributed by atoms with van der Waals surface area (Å²) in [6.45, 7) is -2.94. The molecule has 0 unspecified atom stereocenters. The number of pyridine rings is 1. The van der Waals surface area contributed by atoms with Crippen LogP contribution in [0, 0.1) is 0 Å². The van der Waals surface area contributed by atoms with Gasteiger partial charge in [-0.2, -0.15) is 13.9 Å². The molecule has 4 rings (SSSR count). The Morgan fingerprint density at radius 3 is 2.65 bits per heavy atom. The normalized spacial score (nSPS) is 16.4. The van der Waals surface area contributed by atoms with Crippen molar-refractivity contribution in [1.29, 1.82) is 0 Å². The fourth-order valence-corrected chi connectivity index (χ4v) is 4.87. The molecule has 31 heavy (non-hydrogen) atoms. The molecule has 0 bridgehead atoms. The lowest BCUT2D eigenvalue weighted by Gasteiger charge is -2.22. The number of sulfone groups is 1. The maximum absolute atomic E-state index is 12.5. The molecule has 12 heteroatoms. The molecule has 3 aromatic rings. The second-order valence-corrected chi connectivity index (χ2v) is 9.51. The van der Waals surface area contributed by atoms with Gasteiger partial charge in [0.15, 0.2) is 5.82 Å². The summed E-state index contributed by atoms with van der Waals surface area (Å²) in [7, 11) is -1.24. The van der Waals surface area contributed by atoms with Gasteiger partial charge >= 0.3 is 6.61 Å². The number of aryl methyl sites for hydroxylation is 1. The van der Waals surface area contributed by atoms with Crippen LogP contribution in [0.4, 0.5) is 20.4 Å². The summed E-state index contributed by atoms with van der Waals surface area (Å²) in [6.07, 6.45) is 5.69. The molecule has 0 radical (unpaired) electrons. The molecule has 0 amide bonds. The first-order chi connectivity index (χ1) is 14.8. The van der Waals surface area contributed by atoms with E-state index in [-0.39, 0.29) is 29.0 Å². The van der Waals surface area contributed by atoms with Gasteiger partial charge in [0, 0.05) is 43.2 Å². The number of nitrogens with one attached hydrogen (secondary N) is 1. The van der Waals surface area contributed by atoms with Crippen LogP contribution in [0.25, 0.3) is 11.4 Å². The SMILES string of the molecule is Cn1cc(-c2nc(Nc3cc(OC(F)F)ccn3)cc(C3CCS(=O)(=O)CC3)n2)cn1. The van der Waals surface area contributed by atoms with Crippen LogP contribution in [0.2, 0.25) is 0 Å². The highest BCUT2D eigenvalue weighted by Gasteiger charge is 2.26. The van der Waals surface area contributed by atoms with Crippen LogP contribution in [0.1, 0.15) is 24.5 Å². The van der Waals surface area contributed by atoms with Gasteiger partial charge in [0.1, 0.15) is 27.2 Å². The molecule has 1 saturated heterocycles. The average molecular weight is 450 g/mol. The number of ether oxygens (including phenoxy) is 1. The van der Waals surface area contributed by atoms with E-state index in [1.807, 2.05) is 0 Å². The van der Waals surface area contributed by atoms with Gasteiger partial charge in [-0.15, -0.1) is 0 Å². The summed E-state index contributed by atoms with van der Waals surface area (Å²) < 4.78 is 54.6. The minimum absolute atomic E-state index is 0.0354. The summed E-state index contributed by atoms with van der Waals surface area (Å²) in [5, 5.41) is 7.14. The van der Waals surface area contributed by atoms with Crippen molar-refractivity contribution in [2.24, 2.45) is 7.05 Å². The van der Waals surface area contributed by atoms with Crippen molar-refractivity contribution in [3.63, 3.8) is 0 Å². The van der Waals surface area contributed by atoms with Gasteiger partial charge in [0.05, 0.1) is 23.3 Å². The molecular weight excluding hydrogens is 430 g/mol. The number of halogens is 2. The zero-order valence-corrected chi connectivity index (χ0v) is 17.4. The molecule has 1 aliphatic rings. The fraction of sp³-hybridized carbons (Fsp3) is 0.368. The third kappa shape index (κ3) is 5.32. The lowest BCUT2D eigenvalue weighted by atomic mass is 9.98. The Bertz CT molecular complexity index is 1170. The molecule has 0 aliphatic carbocycles. The van der Waals surface area contributed by atoms with Crippen LogP contribution in [0.3, 0.4) is 0 Å². The fourth-order valence-electron chi connectivity index (χ4n) is 3.38. The van der Waals surface area contributed by atoms with Crippen molar-refractivity contribution < 1.29 is 21.9 Å². The van der Waals surface area contributed by atoms with E-state index in [1.54, 1.807) is 30.2 Å². The lowest BCUT2D eigenvalue weighted by Crippen LogP contribution is -2.23. The van der Waals surface area contributed by atoms with E-state index in [1.165, 1.54) is 18.3 Å². The zero-order valence-electron chi connectivity index (χ0n) is 16.6. The van der Waals surface area contributed by atoms with Crippen LogP contribution in [0.15, 0.2) is 36.8 Å². The molecule has 0 atom stereocenters. The molecule has 4 heterocycles. The Balaban J connectivity index is 1.66. The van der Waals surface area contributed by atoms with Crippen molar-refractivity contribution in [2.75, 3.05) is 16.8 Å². The van der Waals surface area contributed by atoms with Crippen molar-refractivity contribution in [2.45, 2.75) is 25.4 Å². The van der Waals surface area contributed by atoms with Crippen molar-refractivity contribution in [1.82, 2.24) is 24.7 Å². The molecule has 1 fully saturated rings. The predicted octanol–water partition coefficient (Wildman–Crippen LogP) is 2.91. The number of nitrogens with zero attached hydrogens (tertiary/aromatic N) is 5. The van der Waals surface area contributed by atoms with E-state index in [2.05, 4.69) is 30.1 Å². The van der Waals surface area contributed by atoms with Crippen LogP contribution < -0.4 is 10.1 Å². The Morgan fingerprint density at radius 1 is 1.19 bits per heavy atom. The Morgan fingerprint density at radius 2 is 1.97 bits per heavy atom. The van der Waals surface area contributed by atoms with E-state index in [9.17, 15) is 17.2 Å². The maximum Gasteiger partial charge on any atom is 0.387 e. The largest absolute Gasteiger partial charge is 0.435 e. The maximum atomic E-state index is 12.5. The Kier molecular flexibility index (Phi) is 5.81. The third-order valence-electron chi connectivity index (χ3n) is 4.89. The highest BCUT2D eigenvalue weighted by atomic mass is 32.2. The molecule has 0 aromatic carbocycles. The van der Waals surface area contributed by atoms with E-state index in [0.29, 0.717) is 35.7 Å². The second kappa shape index (κ2) is 8.53. The number of rotatable bonds is 6. The highest BCUT2D eigenvalue weighted by Crippen LogP contribution is 2.31. The summed E-state index contributed by atoms with van der Waals surface area (Å²) in [5.41, 5.74) is 1.39. The summed E-state index contributed by atoms with van der Waals surface area (Å²) in [4.78, 5) is 13.3. The molecule has 0 spiro atoms. The quantitative estimate of drug-likeness (QED) is 0.610. The lowest BCUT2D eigenvalue weighted by molar-refractivity contribution is -0.0498. The van der Waals surface area contributed by atoms with Gasteiger partial charge in [-0.1, -0.05) is 0 Å². The first kappa shape index (κ1) is 21.1. The number of anilines is 2. The molecule has 1 aliphatic heterocycles. The monoisotopic (exact) mass is 450 g/mol.